The average Bonchev–Trinajstić information content (AvgIpc) is 2.17. The molecule has 76 valence electrons. The maximum atomic E-state index is 10.3. The van der Waals surface area contributed by atoms with Crippen LogP contribution in [-0.2, 0) is 48.5 Å². The molecule has 3 nitrogen and oxygen atoms in total. The molecule has 0 aliphatic rings. The standard InChI is InChI=1S/C9H11NO2.2W/c1-4-7(3)9(10)8(5-2)12-6-11;;/h5-6H,1-3H3;;. The van der Waals surface area contributed by atoms with Crippen molar-refractivity contribution in [2.75, 3.05) is 0 Å². The maximum absolute atomic E-state index is 10.3. The van der Waals surface area contributed by atoms with E-state index < -0.39 is 0 Å². The van der Waals surface area contributed by atoms with Gasteiger partial charge in [0.2, 0.25) is 0 Å². The zero-order valence-electron chi connectivity index (χ0n) is 8.23. The molecule has 0 aromatic rings. The van der Waals surface area contributed by atoms with E-state index in [1.807, 2.05) is 20.8 Å². The van der Waals surface area contributed by atoms with E-state index in [1.165, 1.54) is 23.3 Å². The molecule has 0 aromatic carbocycles. The van der Waals surface area contributed by atoms with Gasteiger partial charge in [0.15, 0.2) is 0 Å². The van der Waals surface area contributed by atoms with E-state index >= 15 is 0 Å². The molecule has 0 bridgehead atoms. The average molecular weight is 533 g/mol. The third-order valence-electron chi connectivity index (χ3n) is 1.65. The van der Waals surface area contributed by atoms with Gasteiger partial charge in [-0.05, 0) is 0 Å². The van der Waals surface area contributed by atoms with Crippen LogP contribution in [0.25, 0.3) is 0 Å². The molecule has 0 aliphatic carbocycles. The monoisotopic (exact) mass is 533 g/mol. The summed E-state index contributed by atoms with van der Waals surface area (Å²) in [6, 6.07) is 0. The summed E-state index contributed by atoms with van der Waals surface area (Å²) in [4.78, 5) is 10.3. The fourth-order valence-corrected chi connectivity index (χ4v) is 1.94. The van der Waals surface area contributed by atoms with E-state index in [9.17, 15) is 4.79 Å². The molecule has 0 N–H and O–H groups in total. The van der Waals surface area contributed by atoms with E-state index in [1.54, 1.807) is 6.08 Å². The van der Waals surface area contributed by atoms with Crippen LogP contribution in [0.1, 0.15) is 20.8 Å². The third-order valence-corrected chi connectivity index (χ3v) is 3.40. The second-order valence-electron chi connectivity index (χ2n) is 2.49. The van der Waals surface area contributed by atoms with Crippen molar-refractivity contribution in [2.24, 2.45) is 3.50 Å². The van der Waals surface area contributed by atoms with E-state index in [0.29, 0.717) is 12.2 Å². The van der Waals surface area contributed by atoms with Gasteiger partial charge < -0.3 is 0 Å². The topological polar surface area (TPSA) is 38.7 Å². The number of rotatable bonds is 5. The molecule has 0 aliphatic heterocycles. The molecular weight excluding hydrogens is 522 g/mol. The van der Waals surface area contributed by atoms with Crippen molar-refractivity contribution >= 4 is 10.4 Å². The van der Waals surface area contributed by atoms with E-state index in [4.69, 9.17) is 4.74 Å². The first-order valence-corrected chi connectivity index (χ1v) is 6.68. The normalized spacial score (nSPS) is 12.9. The Bertz CT molecular complexity index is 319. The summed E-state index contributed by atoms with van der Waals surface area (Å²) in [7, 11) is 0. The van der Waals surface area contributed by atoms with Gasteiger partial charge in [0.1, 0.15) is 0 Å². The van der Waals surface area contributed by atoms with Gasteiger partial charge in [-0.15, -0.1) is 0 Å². The quantitative estimate of drug-likeness (QED) is 0.308. The molecule has 0 rings (SSSR count). The Morgan fingerprint density at radius 3 is 2.29 bits per heavy atom. The first kappa shape index (κ1) is 14.0. The number of ether oxygens (including phenoxy) is 1. The van der Waals surface area contributed by atoms with Crippen molar-refractivity contribution in [3.63, 3.8) is 0 Å². The molecule has 0 saturated heterocycles. The van der Waals surface area contributed by atoms with Crippen molar-refractivity contribution in [3.8, 4) is 0 Å². The SMILES string of the molecule is CC=C(OC=O)C([N]=[W])=C(C)[C](C)=[W]. The first-order chi connectivity index (χ1) is 6.58. The van der Waals surface area contributed by atoms with E-state index in [-0.39, 0.29) is 0 Å². The van der Waals surface area contributed by atoms with Crippen LogP contribution < -0.4 is 0 Å². The predicted molar refractivity (Wildman–Crippen MR) is 46.7 cm³/mol. The van der Waals surface area contributed by atoms with Gasteiger partial charge >= 0.3 is 106 Å². The molecule has 0 aromatic heterocycles. The Hall–Kier alpha value is -0.00338. The number of allylic oxidation sites excluding steroid dienone is 2. The molecule has 0 radical (unpaired) electrons. The Labute approximate surface area is 106 Å². The molecule has 0 saturated carbocycles. The molecule has 5 heteroatoms. The first-order valence-electron chi connectivity index (χ1n) is 3.90. The summed E-state index contributed by atoms with van der Waals surface area (Å²) in [5, 5.41) is 0. The molecule has 14 heavy (non-hydrogen) atoms. The molecule has 0 fully saturated rings. The van der Waals surface area contributed by atoms with Crippen LogP contribution >= 0.6 is 0 Å². The number of carbonyl (C=O) groups is 1. The molecule has 0 atom stereocenters. The minimum atomic E-state index is 0.432. The molecular formula is C9H11NO2W2. The molecule has 0 spiro atoms. The molecule has 0 amide bonds. The second kappa shape index (κ2) is 7.31. The van der Waals surface area contributed by atoms with Gasteiger partial charge in [0.25, 0.3) is 0 Å². The summed E-state index contributed by atoms with van der Waals surface area (Å²) in [6.07, 6.45) is 1.75. The van der Waals surface area contributed by atoms with Gasteiger partial charge in [-0.25, -0.2) is 0 Å². The van der Waals surface area contributed by atoms with Crippen molar-refractivity contribution in [1.82, 2.24) is 0 Å². The summed E-state index contributed by atoms with van der Waals surface area (Å²) in [6.45, 7) is 6.28. The van der Waals surface area contributed by atoms with Gasteiger partial charge in [0.05, 0.1) is 0 Å². The van der Waals surface area contributed by atoms with Crippen LogP contribution in [0, 0.1) is 0 Å². The summed E-state index contributed by atoms with van der Waals surface area (Å²) in [5.74, 6) is 0.535. The predicted octanol–water partition coefficient (Wildman–Crippen LogP) is 1.81. The fourth-order valence-electron chi connectivity index (χ4n) is 0.777. The Morgan fingerprint density at radius 2 is 2.00 bits per heavy atom. The molecule has 0 unspecified atom stereocenters. The van der Waals surface area contributed by atoms with Crippen LogP contribution in [0.4, 0.5) is 0 Å². The van der Waals surface area contributed by atoms with Crippen LogP contribution in [-0.4, -0.2) is 10.4 Å². The van der Waals surface area contributed by atoms with Gasteiger partial charge in [0, 0.05) is 0 Å². The minimum absolute atomic E-state index is 0.432. The van der Waals surface area contributed by atoms with Crippen LogP contribution in [0.15, 0.2) is 26.6 Å². The van der Waals surface area contributed by atoms with Crippen molar-refractivity contribution in [1.29, 1.82) is 0 Å². The Kier molecular flexibility index (Phi) is 7.31. The number of hydrogen-bond donors (Lipinski definition) is 0. The van der Waals surface area contributed by atoms with Crippen LogP contribution in [0.2, 0.25) is 0 Å². The summed E-state index contributed by atoms with van der Waals surface area (Å²) >= 11 is 2.50. The van der Waals surface area contributed by atoms with Crippen molar-refractivity contribution in [3.05, 3.63) is 23.1 Å². The number of hydrogen-bond acceptors (Lipinski definition) is 3. The zero-order valence-corrected chi connectivity index (χ0v) is 14.1. The second-order valence-corrected chi connectivity index (χ2v) is 5.34. The summed E-state index contributed by atoms with van der Waals surface area (Å²) < 4.78 is 10.3. The number of nitrogens with zero attached hydrogens (tertiary/aromatic N) is 1. The Morgan fingerprint density at radius 1 is 1.43 bits per heavy atom. The van der Waals surface area contributed by atoms with Crippen LogP contribution in [0.5, 0.6) is 0 Å². The van der Waals surface area contributed by atoms with E-state index in [0.717, 1.165) is 30.9 Å². The van der Waals surface area contributed by atoms with Crippen molar-refractivity contribution < 1.29 is 48.5 Å². The molecule has 0 heterocycles. The Balaban J connectivity index is 5.24. The summed E-state index contributed by atoms with van der Waals surface area (Å²) in [5.41, 5.74) is 1.87. The number of carbonyl (C=O) groups excluding carboxylic acids is 1. The van der Waals surface area contributed by atoms with E-state index in [2.05, 4.69) is 3.50 Å². The zero-order chi connectivity index (χ0) is 11.1. The van der Waals surface area contributed by atoms with Crippen molar-refractivity contribution in [2.45, 2.75) is 20.8 Å². The van der Waals surface area contributed by atoms with Gasteiger partial charge in [-0.1, -0.05) is 0 Å². The fraction of sp³-hybridized carbons (Fsp3) is 0.333. The van der Waals surface area contributed by atoms with Gasteiger partial charge in [-0.3, -0.25) is 0 Å². The van der Waals surface area contributed by atoms with Crippen LogP contribution in [0.3, 0.4) is 0 Å². The van der Waals surface area contributed by atoms with Gasteiger partial charge in [-0.2, -0.15) is 0 Å². The third kappa shape index (κ3) is 4.02.